The first-order valence-electron chi connectivity index (χ1n) is 6.20. The Morgan fingerprint density at radius 2 is 1.80 bits per heavy atom. The lowest BCUT2D eigenvalue weighted by molar-refractivity contribution is -0.138. The van der Waals surface area contributed by atoms with Crippen LogP contribution >= 0.6 is 12.4 Å². The van der Waals surface area contributed by atoms with E-state index in [1.54, 1.807) is 0 Å². The Morgan fingerprint density at radius 3 is 2.35 bits per heavy atom. The van der Waals surface area contributed by atoms with Gasteiger partial charge in [-0.2, -0.15) is 13.2 Å². The maximum Gasteiger partial charge on any atom is 0.416 e. The van der Waals surface area contributed by atoms with Crippen LogP contribution < -0.4 is 5.73 Å². The van der Waals surface area contributed by atoms with Gasteiger partial charge in [0.2, 0.25) is 0 Å². The third-order valence-corrected chi connectivity index (χ3v) is 3.40. The first-order chi connectivity index (χ1) is 8.86. The van der Waals surface area contributed by atoms with Crippen LogP contribution in [0.1, 0.15) is 24.0 Å². The summed E-state index contributed by atoms with van der Waals surface area (Å²) in [6.45, 7) is 1.54. The summed E-state index contributed by atoms with van der Waals surface area (Å²) < 4.78 is 51.5. The van der Waals surface area contributed by atoms with E-state index in [9.17, 15) is 17.6 Å². The van der Waals surface area contributed by atoms with Crippen LogP contribution in [0.4, 0.5) is 17.6 Å². The summed E-state index contributed by atoms with van der Waals surface area (Å²) in [5, 5.41) is 0. The van der Waals surface area contributed by atoms with Crippen molar-refractivity contribution in [2.24, 2.45) is 5.73 Å². The molecule has 1 aromatic carbocycles. The average molecular weight is 313 g/mol. The predicted octanol–water partition coefficient (Wildman–Crippen LogP) is 3.19. The van der Waals surface area contributed by atoms with Crippen molar-refractivity contribution in [1.82, 2.24) is 4.90 Å². The number of nitrogens with two attached hydrogens (primary N) is 1. The first-order valence-corrected chi connectivity index (χ1v) is 6.20. The minimum absolute atomic E-state index is 0. The summed E-state index contributed by atoms with van der Waals surface area (Å²) in [5.74, 6) is -0.864. The van der Waals surface area contributed by atoms with Gasteiger partial charge >= 0.3 is 6.18 Å². The fourth-order valence-electron chi connectivity index (χ4n) is 2.30. The van der Waals surface area contributed by atoms with Crippen LogP contribution in [0, 0.1) is 5.82 Å². The van der Waals surface area contributed by atoms with E-state index in [0.29, 0.717) is 19.2 Å². The zero-order chi connectivity index (χ0) is 14.0. The van der Waals surface area contributed by atoms with Gasteiger partial charge in [-0.05, 0) is 43.6 Å². The van der Waals surface area contributed by atoms with Gasteiger partial charge in [0.05, 0.1) is 5.56 Å². The SMILES string of the molecule is Cl.NC1CCN(Cc2ccc(F)cc2C(F)(F)F)CC1. The summed E-state index contributed by atoms with van der Waals surface area (Å²) in [6, 6.07) is 2.98. The molecule has 114 valence electrons. The number of piperidine rings is 1. The molecular weight excluding hydrogens is 296 g/mol. The van der Waals surface area contributed by atoms with Crippen LogP contribution in [0.25, 0.3) is 0 Å². The highest BCUT2D eigenvalue weighted by Gasteiger charge is 2.34. The zero-order valence-corrected chi connectivity index (χ0v) is 11.6. The molecule has 1 aliphatic heterocycles. The largest absolute Gasteiger partial charge is 0.416 e. The second kappa shape index (κ2) is 6.74. The Balaban J connectivity index is 0.00000200. The molecule has 1 heterocycles. The number of hydrogen-bond acceptors (Lipinski definition) is 2. The average Bonchev–Trinajstić information content (AvgIpc) is 2.33. The van der Waals surface area contributed by atoms with Gasteiger partial charge in [0.25, 0.3) is 0 Å². The Bertz CT molecular complexity index is 442. The number of benzene rings is 1. The van der Waals surface area contributed by atoms with Crippen molar-refractivity contribution in [3.8, 4) is 0 Å². The number of alkyl halides is 3. The summed E-state index contributed by atoms with van der Waals surface area (Å²) >= 11 is 0. The van der Waals surface area contributed by atoms with Crippen molar-refractivity contribution < 1.29 is 17.6 Å². The summed E-state index contributed by atoms with van der Waals surface area (Å²) in [5.41, 5.74) is 4.98. The second-order valence-electron chi connectivity index (χ2n) is 4.91. The van der Waals surface area contributed by atoms with Gasteiger partial charge in [-0.15, -0.1) is 12.4 Å². The van der Waals surface area contributed by atoms with Crippen molar-refractivity contribution >= 4 is 12.4 Å². The van der Waals surface area contributed by atoms with Crippen molar-refractivity contribution in [3.63, 3.8) is 0 Å². The fraction of sp³-hybridized carbons (Fsp3) is 0.538. The summed E-state index contributed by atoms with van der Waals surface area (Å²) in [4.78, 5) is 1.92. The van der Waals surface area contributed by atoms with Gasteiger partial charge in [-0.1, -0.05) is 6.07 Å². The zero-order valence-electron chi connectivity index (χ0n) is 10.8. The normalized spacial score (nSPS) is 17.9. The summed E-state index contributed by atoms with van der Waals surface area (Å²) in [6.07, 6.45) is -2.96. The number of nitrogens with zero attached hydrogens (tertiary/aromatic N) is 1. The molecule has 0 bridgehead atoms. The molecule has 0 aromatic heterocycles. The molecule has 0 saturated carbocycles. The van der Waals surface area contributed by atoms with Crippen LogP contribution in [0.5, 0.6) is 0 Å². The lowest BCUT2D eigenvalue weighted by Crippen LogP contribution is -2.39. The van der Waals surface area contributed by atoms with E-state index < -0.39 is 17.6 Å². The van der Waals surface area contributed by atoms with Crippen molar-refractivity contribution in [1.29, 1.82) is 0 Å². The highest BCUT2D eigenvalue weighted by atomic mass is 35.5. The molecule has 7 heteroatoms. The van der Waals surface area contributed by atoms with Crippen molar-refractivity contribution in [3.05, 3.63) is 35.1 Å². The van der Waals surface area contributed by atoms with Crippen LogP contribution in [0.3, 0.4) is 0 Å². The van der Waals surface area contributed by atoms with Crippen LogP contribution in [-0.2, 0) is 12.7 Å². The number of rotatable bonds is 2. The molecule has 1 saturated heterocycles. The Morgan fingerprint density at radius 1 is 1.20 bits per heavy atom. The standard InChI is InChI=1S/C13H16F4N2.ClH/c14-10-2-1-9(12(7-10)13(15,16)17)8-19-5-3-11(18)4-6-19;/h1-2,7,11H,3-6,8,18H2;1H. The Labute approximate surface area is 121 Å². The topological polar surface area (TPSA) is 29.3 Å². The Hall–Kier alpha value is -0.850. The molecule has 2 rings (SSSR count). The lowest BCUT2D eigenvalue weighted by Gasteiger charge is -2.30. The quantitative estimate of drug-likeness (QED) is 0.850. The van der Waals surface area contributed by atoms with E-state index in [4.69, 9.17) is 5.73 Å². The number of hydrogen-bond donors (Lipinski definition) is 1. The van der Waals surface area contributed by atoms with Crippen LogP contribution in [0.2, 0.25) is 0 Å². The van der Waals surface area contributed by atoms with Gasteiger partial charge in [0.1, 0.15) is 5.82 Å². The maximum absolute atomic E-state index is 13.0. The maximum atomic E-state index is 13.0. The van der Waals surface area contributed by atoms with E-state index in [1.165, 1.54) is 6.07 Å². The number of likely N-dealkylation sites (tertiary alicyclic amines) is 1. The third-order valence-electron chi connectivity index (χ3n) is 3.40. The highest BCUT2D eigenvalue weighted by molar-refractivity contribution is 5.85. The van der Waals surface area contributed by atoms with Crippen LogP contribution in [0.15, 0.2) is 18.2 Å². The van der Waals surface area contributed by atoms with E-state index in [1.807, 2.05) is 4.90 Å². The molecule has 0 unspecified atom stereocenters. The molecule has 0 amide bonds. The molecule has 20 heavy (non-hydrogen) atoms. The molecule has 2 N–H and O–H groups in total. The minimum atomic E-state index is -4.52. The van der Waals surface area contributed by atoms with Crippen molar-refractivity contribution in [2.75, 3.05) is 13.1 Å². The monoisotopic (exact) mass is 312 g/mol. The molecule has 2 nitrogen and oxygen atoms in total. The molecule has 1 aliphatic rings. The van der Waals surface area contributed by atoms with E-state index in [2.05, 4.69) is 0 Å². The fourth-order valence-corrected chi connectivity index (χ4v) is 2.30. The first kappa shape index (κ1) is 17.2. The van der Waals surface area contributed by atoms with E-state index >= 15 is 0 Å². The van der Waals surface area contributed by atoms with Gasteiger partial charge in [-0.25, -0.2) is 4.39 Å². The smallest absolute Gasteiger partial charge is 0.328 e. The van der Waals surface area contributed by atoms with Crippen molar-refractivity contribution in [2.45, 2.75) is 31.6 Å². The second-order valence-corrected chi connectivity index (χ2v) is 4.91. The molecule has 1 aromatic rings. The molecule has 0 atom stereocenters. The predicted molar refractivity (Wildman–Crippen MR) is 71.1 cm³/mol. The molecular formula is C13H17ClF4N2. The van der Waals surface area contributed by atoms with Crippen LogP contribution in [-0.4, -0.2) is 24.0 Å². The molecule has 1 fully saturated rings. The molecule has 0 aliphatic carbocycles. The number of halogens is 5. The van der Waals surface area contributed by atoms with Gasteiger partial charge in [0, 0.05) is 12.6 Å². The van der Waals surface area contributed by atoms with Gasteiger partial charge in [-0.3, -0.25) is 4.90 Å². The third kappa shape index (κ3) is 4.33. The highest BCUT2D eigenvalue weighted by Crippen LogP contribution is 2.33. The van der Waals surface area contributed by atoms with Gasteiger partial charge in [0.15, 0.2) is 0 Å². The lowest BCUT2D eigenvalue weighted by atomic mass is 10.0. The van der Waals surface area contributed by atoms with Gasteiger partial charge < -0.3 is 5.73 Å². The Kier molecular flexibility index (Phi) is 5.79. The minimum Gasteiger partial charge on any atom is -0.328 e. The molecule has 0 spiro atoms. The molecule has 0 radical (unpaired) electrons. The van der Waals surface area contributed by atoms with E-state index in [-0.39, 0.29) is 30.6 Å². The summed E-state index contributed by atoms with van der Waals surface area (Å²) in [7, 11) is 0. The van der Waals surface area contributed by atoms with E-state index in [0.717, 1.165) is 18.9 Å².